The predicted molar refractivity (Wildman–Crippen MR) is 161 cm³/mol. The highest BCUT2D eigenvalue weighted by Crippen LogP contribution is 2.39. The summed E-state index contributed by atoms with van der Waals surface area (Å²) >= 11 is 0. The van der Waals surface area contributed by atoms with E-state index in [-0.39, 0.29) is 0 Å². The Morgan fingerprint density at radius 1 is 0.462 bits per heavy atom. The Morgan fingerprint density at radius 3 is 2.05 bits per heavy atom. The smallest absolute Gasteiger partial charge is 0.161 e. The molecule has 0 spiro atoms. The molecule has 3 nitrogen and oxygen atoms in total. The Bertz CT molecular complexity index is 2160. The average molecular weight is 499 g/mol. The Morgan fingerprint density at radius 2 is 1.18 bits per heavy atom. The van der Waals surface area contributed by atoms with Crippen LogP contribution in [-0.4, -0.2) is 9.97 Å². The van der Waals surface area contributed by atoms with Crippen LogP contribution in [0.4, 0.5) is 0 Å². The number of fused-ring (bicyclic) bond motifs is 6. The molecule has 0 fully saturated rings. The standard InChI is InChI=1S/C36H22N2O/c1-2-9-23(10-3-1)24-17-19-26(20-18-24)34-29-13-4-6-15-31(29)37-36(38-34)30-14-8-11-25-21-22-28-27-12-5-7-16-32(27)39-35(28)33(25)30/h1-22H. The van der Waals surface area contributed by atoms with Gasteiger partial charge in [-0.2, -0.15) is 0 Å². The first kappa shape index (κ1) is 21.8. The summed E-state index contributed by atoms with van der Waals surface area (Å²) in [6, 6.07) is 46.1. The molecule has 0 bridgehead atoms. The minimum atomic E-state index is 0.689. The van der Waals surface area contributed by atoms with Crippen molar-refractivity contribution in [2.45, 2.75) is 0 Å². The Balaban J connectivity index is 1.37. The summed E-state index contributed by atoms with van der Waals surface area (Å²) < 4.78 is 6.43. The quantitative estimate of drug-likeness (QED) is 0.243. The topological polar surface area (TPSA) is 38.9 Å². The fourth-order valence-electron chi connectivity index (χ4n) is 5.61. The molecule has 0 saturated carbocycles. The monoisotopic (exact) mass is 498 g/mol. The zero-order valence-corrected chi connectivity index (χ0v) is 21.0. The SMILES string of the molecule is c1ccc(-c2ccc(-c3nc(-c4cccc5ccc6c7ccccc7oc6c45)nc4ccccc34)cc2)cc1. The minimum absolute atomic E-state index is 0.689. The van der Waals surface area contributed by atoms with Crippen molar-refractivity contribution in [3.8, 4) is 33.8 Å². The van der Waals surface area contributed by atoms with Crippen molar-refractivity contribution in [3.05, 3.63) is 133 Å². The fourth-order valence-corrected chi connectivity index (χ4v) is 5.61. The van der Waals surface area contributed by atoms with Crippen LogP contribution < -0.4 is 0 Å². The number of aromatic nitrogens is 2. The van der Waals surface area contributed by atoms with E-state index in [1.807, 2.05) is 30.3 Å². The summed E-state index contributed by atoms with van der Waals surface area (Å²) in [5, 5.41) is 5.38. The number of hydrogen-bond acceptors (Lipinski definition) is 3. The highest BCUT2D eigenvalue weighted by molar-refractivity contribution is 6.18. The van der Waals surface area contributed by atoms with E-state index in [2.05, 4.69) is 103 Å². The van der Waals surface area contributed by atoms with Crippen LogP contribution in [0.5, 0.6) is 0 Å². The molecule has 8 rings (SSSR count). The lowest BCUT2D eigenvalue weighted by Gasteiger charge is -2.12. The van der Waals surface area contributed by atoms with Gasteiger partial charge in [-0.3, -0.25) is 0 Å². The molecule has 0 aliphatic carbocycles. The molecule has 8 aromatic rings. The summed E-state index contributed by atoms with van der Waals surface area (Å²) in [4.78, 5) is 10.3. The molecule has 0 radical (unpaired) electrons. The van der Waals surface area contributed by atoms with Crippen molar-refractivity contribution in [1.29, 1.82) is 0 Å². The molecule has 0 atom stereocenters. The first-order valence-corrected chi connectivity index (χ1v) is 13.1. The number of furan rings is 1. The van der Waals surface area contributed by atoms with E-state index in [0.717, 1.165) is 60.4 Å². The number of hydrogen-bond donors (Lipinski definition) is 0. The fraction of sp³-hybridized carbons (Fsp3) is 0. The summed E-state index contributed by atoms with van der Waals surface area (Å²) in [7, 11) is 0. The molecule has 39 heavy (non-hydrogen) atoms. The van der Waals surface area contributed by atoms with Crippen LogP contribution in [0.3, 0.4) is 0 Å². The van der Waals surface area contributed by atoms with Crippen LogP contribution in [0.1, 0.15) is 0 Å². The van der Waals surface area contributed by atoms with E-state index in [4.69, 9.17) is 14.4 Å². The summed E-state index contributed by atoms with van der Waals surface area (Å²) in [5.74, 6) is 0.689. The van der Waals surface area contributed by atoms with Crippen LogP contribution in [0.2, 0.25) is 0 Å². The van der Waals surface area contributed by atoms with Crippen LogP contribution in [0.25, 0.3) is 77.4 Å². The van der Waals surface area contributed by atoms with Gasteiger partial charge in [0.2, 0.25) is 0 Å². The average Bonchev–Trinajstić information content (AvgIpc) is 3.40. The maximum absolute atomic E-state index is 6.43. The Labute approximate surface area is 225 Å². The largest absolute Gasteiger partial charge is 0.455 e. The minimum Gasteiger partial charge on any atom is -0.455 e. The lowest BCUT2D eigenvalue weighted by molar-refractivity contribution is 0.673. The van der Waals surface area contributed by atoms with E-state index < -0.39 is 0 Å². The first-order chi connectivity index (χ1) is 19.3. The van der Waals surface area contributed by atoms with Crippen molar-refractivity contribution in [2.75, 3.05) is 0 Å². The van der Waals surface area contributed by atoms with Crippen molar-refractivity contribution < 1.29 is 4.42 Å². The second-order valence-corrected chi connectivity index (χ2v) is 9.80. The van der Waals surface area contributed by atoms with Gasteiger partial charge in [0.1, 0.15) is 11.2 Å². The maximum Gasteiger partial charge on any atom is 0.161 e. The van der Waals surface area contributed by atoms with Crippen LogP contribution in [0.15, 0.2) is 138 Å². The molecule has 0 amide bonds. The van der Waals surface area contributed by atoms with Gasteiger partial charge in [0.25, 0.3) is 0 Å². The van der Waals surface area contributed by atoms with Gasteiger partial charge in [-0.25, -0.2) is 9.97 Å². The first-order valence-electron chi connectivity index (χ1n) is 13.1. The van der Waals surface area contributed by atoms with Gasteiger partial charge in [-0.05, 0) is 34.7 Å². The number of rotatable bonds is 3. The zero-order valence-electron chi connectivity index (χ0n) is 21.0. The highest BCUT2D eigenvalue weighted by Gasteiger charge is 2.17. The summed E-state index contributed by atoms with van der Waals surface area (Å²) in [6.07, 6.45) is 0. The van der Waals surface area contributed by atoms with Crippen LogP contribution >= 0.6 is 0 Å². The molecule has 0 aliphatic rings. The molecule has 0 saturated heterocycles. The Kier molecular flexibility index (Phi) is 4.82. The lowest BCUT2D eigenvalue weighted by Crippen LogP contribution is -1.96. The zero-order chi connectivity index (χ0) is 25.8. The van der Waals surface area contributed by atoms with Crippen LogP contribution in [-0.2, 0) is 0 Å². The second-order valence-electron chi connectivity index (χ2n) is 9.80. The van der Waals surface area contributed by atoms with E-state index in [1.54, 1.807) is 0 Å². The highest BCUT2D eigenvalue weighted by atomic mass is 16.3. The van der Waals surface area contributed by atoms with Gasteiger partial charge in [0.05, 0.1) is 11.2 Å². The van der Waals surface area contributed by atoms with Crippen molar-refractivity contribution in [3.63, 3.8) is 0 Å². The molecule has 182 valence electrons. The van der Waals surface area contributed by atoms with Gasteiger partial charge in [0, 0.05) is 32.7 Å². The van der Waals surface area contributed by atoms with Crippen molar-refractivity contribution in [2.24, 2.45) is 0 Å². The van der Waals surface area contributed by atoms with Crippen molar-refractivity contribution >= 4 is 43.6 Å². The molecule has 0 N–H and O–H groups in total. The molecular weight excluding hydrogens is 476 g/mol. The van der Waals surface area contributed by atoms with Gasteiger partial charge >= 0.3 is 0 Å². The Hall–Kier alpha value is -5.28. The molecular formula is C36H22N2O. The number of para-hydroxylation sites is 2. The van der Waals surface area contributed by atoms with Crippen LogP contribution in [0, 0.1) is 0 Å². The molecule has 6 aromatic carbocycles. The molecule has 0 aliphatic heterocycles. The third-order valence-corrected chi connectivity index (χ3v) is 7.50. The molecule has 2 heterocycles. The molecule has 2 aromatic heterocycles. The predicted octanol–water partition coefficient (Wildman–Crippen LogP) is 9.68. The molecule has 3 heteroatoms. The maximum atomic E-state index is 6.43. The van der Waals surface area contributed by atoms with Gasteiger partial charge in [0.15, 0.2) is 5.82 Å². The number of nitrogens with zero attached hydrogens (tertiary/aromatic N) is 2. The van der Waals surface area contributed by atoms with E-state index >= 15 is 0 Å². The van der Waals surface area contributed by atoms with E-state index in [0.29, 0.717) is 5.82 Å². The third-order valence-electron chi connectivity index (χ3n) is 7.50. The summed E-state index contributed by atoms with van der Waals surface area (Å²) in [5.41, 5.74) is 7.99. The van der Waals surface area contributed by atoms with Gasteiger partial charge in [-0.15, -0.1) is 0 Å². The van der Waals surface area contributed by atoms with E-state index in [9.17, 15) is 0 Å². The van der Waals surface area contributed by atoms with Crippen molar-refractivity contribution in [1.82, 2.24) is 9.97 Å². The molecule has 0 unspecified atom stereocenters. The van der Waals surface area contributed by atoms with E-state index in [1.165, 1.54) is 11.1 Å². The van der Waals surface area contributed by atoms with Gasteiger partial charge in [-0.1, -0.05) is 115 Å². The summed E-state index contributed by atoms with van der Waals surface area (Å²) in [6.45, 7) is 0. The normalized spacial score (nSPS) is 11.6. The third kappa shape index (κ3) is 3.52. The lowest BCUT2D eigenvalue weighted by atomic mass is 9.99. The van der Waals surface area contributed by atoms with Gasteiger partial charge < -0.3 is 4.42 Å². The number of benzene rings is 6. The second kappa shape index (κ2) is 8.64.